The molecule has 0 spiro atoms. The smallest absolute Gasteiger partial charge is 0.417 e. The number of aromatic nitrogens is 1. The lowest BCUT2D eigenvalue weighted by Gasteiger charge is -2.10. The van der Waals surface area contributed by atoms with Crippen LogP contribution < -0.4 is 15.8 Å². The first kappa shape index (κ1) is 16.8. The fourth-order valence-corrected chi connectivity index (χ4v) is 2.53. The van der Waals surface area contributed by atoms with E-state index in [1.807, 2.05) is 50.2 Å². The number of anilines is 1. The molecule has 0 saturated heterocycles. The van der Waals surface area contributed by atoms with Gasteiger partial charge in [-0.25, -0.2) is 4.79 Å². The Kier molecular flexibility index (Phi) is 4.88. The van der Waals surface area contributed by atoms with Crippen LogP contribution in [0.1, 0.15) is 25.8 Å². The van der Waals surface area contributed by atoms with E-state index in [9.17, 15) is 9.59 Å². The van der Waals surface area contributed by atoms with Crippen molar-refractivity contribution in [2.24, 2.45) is 0 Å². The Labute approximate surface area is 144 Å². The normalized spacial score (nSPS) is 11.0. The van der Waals surface area contributed by atoms with E-state index in [0.717, 1.165) is 17.0 Å². The number of aryl methyl sites for hydroxylation is 1. The molecule has 25 heavy (non-hydrogen) atoms. The second kappa shape index (κ2) is 7.25. The lowest BCUT2D eigenvalue weighted by molar-refractivity contribution is -0.116. The molecule has 0 fully saturated rings. The maximum Gasteiger partial charge on any atom is 0.417 e. The topological polar surface area (TPSA) is 84.3 Å². The third-order valence-corrected chi connectivity index (χ3v) is 3.63. The molecule has 0 bridgehead atoms. The van der Waals surface area contributed by atoms with Crippen molar-refractivity contribution in [2.75, 3.05) is 5.32 Å². The fraction of sp³-hybridized carbons (Fsp3) is 0.263. The number of ether oxygens (including phenoxy) is 1. The summed E-state index contributed by atoms with van der Waals surface area (Å²) < 4.78 is 10.5. The van der Waals surface area contributed by atoms with Crippen LogP contribution in [0.2, 0.25) is 0 Å². The summed E-state index contributed by atoms with van der Waals surface area (Å²) >= 11 is 0. The number of aromatic amines is 1. The number of fused-ring (bicyclic) bond motifs is 1. The lowest BCUT2D eigenvalue weighted by Crippen LogP contribution is -2.12. The predicted molar refractivity (Wildman–Crippen MR) is 96.0 cm³/mol. The molecule has 6 heteroatoms. The molecule has 1 aromatic heterocycles. The molecule has 1 amide bonds. The zero-order valence-corrected chi connectivity index (χ0v) is 14.2. The fourth-order valence-electron chi connectivity index (χ4n) is 2.53. The second-order valence-electron chi connectivity index (χ2n) is 6.08. The van der Waals surface area contributed by atoms with E-state index in [4.69, 9.17) is 9.15 Å². The highest BCUT2D eigenvalue weighted by atomic mass is 16.5. The quantitative estimate of drug-likeness (QED) is 0.719. The molecule has 0 unspecified atom stereocenters. The molecule has 0 aliphatic heterocycles. The first-order chi connectivity index (χ1) is 12.0. The highest BCUT2D eigenvalue weighted by Crippen LogP contribution is 2.18. The Balaban J connectivity index is 1.55. The van der Waals surface area contributed by atoms with Crippen LogP contribution in [-0.4, -0.2) is 17.0 Å². The monoisotopic (exact) mass is 340 g/mol. The van der Waals surface area contributed by atoms with Crippen LogP contribution in [0.15, 0.2) is 51.7 Å². The van der Waals surface area contributed by atoms with Gasteiger partial charge in [0.2, 0.25) is 5.91 Å². The summed E-state index contributed by atoms with van der Waals surface area (Å²) in [6, 6.07) is 12.7. The van der Waals surface area contributed by atoms with Gasteiger partial charge in [-0.15, -0.1) is 0 Å². The summed E-state index contributed by atoms with van der Waals surface area (Å²) in [5.41, 5.74) is 2.85. The van der Waals surface area contributed by atoms with Gasteiger partial charge in [0.15, 0.2) is 5.58 Å². The van der Waals surface area contributed by atoms with Gasteiger partial charge in [0.05, 0.1) is 11.6 Å². The van der Waals surface area contributed by atoms with Crippen LogP contribution in [-0.2, 0) is 11.2 Å². The molecular formula is C19H20N2O4. The van der Waals surface area contributed by atoms with Crippen LogP contribution in [0.25, 0.3) is 11.1 Å². The zero-order chi connectivity index (χ0) is 17.8. The number of benzene rings is 2. The number of oxazole rings is 1. The van der Waals surface area contributed by atoms with Gasteiger partial charge < -0.3 is 14.5 Å². The number of H-pyrrole nitrogens is 1. The molecule has 2 N–H and O–H groups in total. The van der Waals surface area contributed by atoms with E-state index in [0.29, 0.717) is 23.9 Å². The highest BCUT2D eigenvalue weighted by Gasteiger charge is 2.06. The molecule has 1 heterocycles. The van der Waals surface area contributed by atoms with E-state index >= 15 is 0 Å². The summed E-state index contributed by atoms with van der Waals surface area (Å²) in [5, 5.41) is 2.86. The Morgan fingerprint density at radius 2 is 1.96 bits per heavy atom. The van der Waals surface area contributed by atoms with Crippen LogP contribution in [0.4, 0.5) is 5.69 Å². The zero-order valence-electron chi connectivity index (χ0n) is 14.2. The van der Waals surface area contributed by atoms with Crippen molar-refractivity contribution in [3.63, 3.8) is 0 Å². The van der Waals surface area contributed by atoms with Crippen molar-refractivity contribution in [3.8, 4) is 5.75 Å². The van der Waals surface area contributed by atoms with Crippen molar-refractivity contribution in [1.82, 2.24) is 4.98 Å². The second-order valence-corrected chi connectivity index (χ2v) is 6.08. The Hall–Kier alpha value is -3.02. The molecule has 0 aliphatic rings. The van der Waals surface area contributed by atoms with Gasteiger partial charge in [0, 0.05) is 12.1 Å². The number of hydrogen-bond acceptors (Lipinski definition) is 4. The molecule has 0 aliphatic carbocycles. The minimum atomic E-state index is -0.477. The number of carbonyl (C=O) groups is 1. The van der Waals surface area contributed by atoms with Crippen LogP contribution in [0.5, 0.6) is 5.75 Å². The summed E-state index contributed by atoms with van der Waals surface area (Å²) in [7, 11) is 0. The average Bonchev–Trinajstić information content (AvgIpc) is 2.93. The molecule has 130 valence electrons. The molecule has 0 atom stereocenters. The molecule has 0 saturated carbocycles. The first-order valence-electron chi connectivity index (χ1n) is 8.18. The number of amides is 1. The Morgan fingerprint density at radius 1 is 1.20 bits per heavy atom. The molecule has 0 radical (unpaired) electrons. The average molecular weight is 340 g/mol. The van der Waals surface area contributed by atoms with Gasteiger partial charge in [0.25, 0.3) is 0 Å². The summed E-state index contributed by atoms with van der Waals surface area (Å²) in [6.45, 7) is 3.93. The number of carbonyl (C=O) groups excluding carboxylic acids is 1. The van der Waals surface area contributed by atoms with Crippen molar-refractivity contribution < 1.29 is 13.9 Å². The largest absolute Gasteiger partial charge is 0.491 e. The van der Waals surface area contributed by atoms with Crippen molar-refractivity contribution >= 4 is 22.7 Å². The lowest BCUT2D eigenvalue weighted by atomic mass is 10.1. The van der Waals surface area contributed by atoms with Crippen LogP contribution in [0, 0.1) is 0 Å². The van der Waals surface area contributed by atoms with Gasteiger partial charge in [-0.2, -0.15) is 0 Å². The molecule has 3 aromatic rings. The standard InChI is InChI=1S/C19H20N2O4/c1-12(2)24-15-7-5-14(6-8-15)20-18(22)10-4-13-3-9-17-16(11-13)21-19(23)25-17/h3,5-9,11-12H,4,10H2,1-2H3,(H,20,22)(H,21,23). The minimum absolute atomic E-state index is 0.0710. The maximum absolute atomic E-state index is 12.1. The first-order valence-corrected chi connectivity index (χ1v) is 8.18. The van der Waals surface area contributed by atoms with Gasteiger partial charge in [-0.05, 0) is 62.2 Å². The molecular weight excluding hydrogens is 320 g/mol. The SMILES string of the molecule is CC(C)Oc1ccc(NC(=O)CCc2ccc3oc(=O)[nH]c3c2)cc1. The number of nitrogens with one attached hydrogen (secondary N) is 2. The minimum Gasteiger partial charge on any atom is -0.491 e. The van der Waals surface area contributed by atoms with E-state index in [-0.39, 0.29) is 12.0 Å². The Bertz CT molecular complexity index is 922. The third kappa shape index (κ3) is 4.50. The van der Waals surface area contributed by atoms with E-state index in [1.54, 1.807) is 6.07 Å². The van der Waals surface area contributed by atoms with Crippen molar-refractivity contribution in [1.29, 1.82) is 0 Å². The van der Waals surface area contributed by atoms with Crippen LogP contribution in [0.3, 0.4) is 0 Å². The van der Waals surface area contributed by atoms with E-state index in [2.05, 4.69) is 10.3 Å². The number of rotatable bonds is 6. The molecule has 6 nitrogen and oxygen atoms in total. The highest BCUT2D eigenvalue weighted by molar-refractivity contribution is 5.90. The Morgan fingerprint density at radius 3 is 2.68 bits per heavy atom. The number of hydrogen-bond donors (Lipinski definition) is 2. The van der Waals surface area contributed by atoms with Crippen molar-refractivity contribution in [2.45, 2.75) is 32.8 Å². The molecule has 2 aromatic carbocycles. The predicted octanol–water partition coefficient (Wildman–Crippen LogP) is 3.48. The summed E-state index contributed by atoms with van der Waals surface area (Å²) in [5.74, 6) is 0.225. The molecule has 3 rings (SSSR count). The maximum atomic E-state index is 12.1. The van der Waals surface area contributed by atoms with Gasteiger partial charge in [-0.1, -0.05) is 6.07 Å². The summed E-state index contributed by atoms with van der Waals surface area (Å²) in [4.78, 5) is 25.9. The van der Waals surface area contributed by atoms with Crippen LogP contribution >= 0.6 is 0 Å². The van der Waals surface area contributed by atoms with Gasteiger partial charge >= 0.3 is 5.76 Å². The van der Waals surface area contributed by atoms with E-state index < -0.39 is 5.76 Å². The van der Waals surface area contributed by atoms with Crippen molar-refractivity contribution in [3.05, 3.63) is 58.6 Å². The van der Waals surface area contributed by atoms with Gasteiger partial charge in [0.1, 0.15) is 5.75 Å². The van der Waals surface area contributed by atoms with E-state index in [1.165, 1.54) is 0 Å². The van der Waals surface area contributed by atoms with Gasteiger partial charge in [-0.3, -0.25) is 9.78 Å². The summed E-state index contributed by atoms with van der Waals surface area (Å²) in [6.07, 6.45) is 1.03. The third-order valence-electron chi connectivity index (χ3n) is 3.63.